The molecular formula is C12H22N2O2. The van der Waals surface area contributed by atoms with Gasteiger partial charge in [0, 0.05) is 25.0 Å². The lowest BCUT2D eigenvalue weighted by Gasteiger charge is -2.35. The summed E-state index contributed by atoms with van der Waals surface area (Å²) in [5.74, 6) is 0.512. The third-order valence-corrected chi connectivity index (χ3v) is 3.80. The zero-order valence-corrected chi connectivity index (χ0v) is 10.4. The van der Waals surface area contributed by atoms with E-state index in [0.29, 0.717) is 25.6 Å². The molecule has 2 fully saturated rings. The van der Waals surface area contributed by atoms with Gasteiger partial charge >= 0.3 is 0 Å². The fourth-order valence-corrected chi connectivity index (χ4v) is 2.30. The first-order valence-corrected chi connectivity index (χ1v) is 6.08. The Morgan fingerprint density at radius 1 is 1.56 bits per heavy atom. The van der Waals surface area contributed by atoms with E-state index >= 15 is 0 Å². The van der Waals surface area contributed by atoms with Crippen molar-refractivity contribution in [1.29, 1.82) is 0 Å². The molecule has 0 aromatic heterocycles. The highest BCUT2D eigenvalue weighted by molar-refractivity contribution is 5.82. The van der Waals surface area contributed by atoms with Gasteiger partial charge in [0.2, 0.25) is 5.91 Å². The topological polar surface area (TPSA) is 55.6 Å². The Morgan fingerprint density at radius 3 is 2.69 bits per heavy atom. The van der Waals surface area contributed by atoms with E-state index in [1.54, 1.807) is 0 Å². The molecule has 0 aromatic rings. The smallest absolute Gasteiger partial charge is 0.226 e. The van der Waals surface area contributed by atoms with Crippen molar-refractivity contribution in [3.8, 4) is 0 Å². The van der Waals surface area contributed by atoms with Crippen LogP contribution in [0.25, 0.3) is 0 Å². The monoisotopic (exact) mass is 226 g/mol. The van der Waals surface area contributed by atoms with Gasteiger partial charge in [0.05, 0.1) is 12.7 Å². The lowest BCUT2D eigenvalue weighted by molar-refractivity contribution is -0.141. The first-order chi connectivity index (χ1) is 7.42. The number of ether oxygens (including phenoxy) is 1. The van der Waals surface area contributed by atoms with Crippen molar-refractivity contribution in [2.24, 2.45) is 17.1 Å². The van der Waals surface area contributed by atoms with Crippen LogP contribution in [0.3, 0.4) is 0 Å². The predicted octanol–water partition coefficient (Wildman–Crippen LogP) is 0.607. The molecule has 0 radical (unpaired) electrons. The molecule has 1 heterocycles. The quantitative estimate of drug-likeness (QED) is 0.750. The third kappa shape index (κ3) is 2.23. The van der Waals surface area contributed by atoms with Gasteiger partial charge < -0.3 is 15.4 Å². The molecule has 1 aliphatic carbocycles. The Morgan fingerprint density at radius 2 is 2.19 bits per heavy atom. The van der Waals surface area contributed by atoms with Crippen LogP contribution in [0.2, 0.25) is 0 Å². The van der Waals surface area contributed by atoms with E-state index in [4.69, 9.17) is 10.5 Å². The summed E-state index contributed by atoms with van der Waals surface area (Å²) in [5, 5.41) is 0. The Labute approximate surface area is 97.1 Å². The van der Waals surface area contributed by atoms with E-state index in [0.717, 1.165) is 6.42 Å². The van der Waals surface area contributed by atoms with Crippen molar-refractivity contribution < 1.29 is 9.53 Å². The number of rotatable bonds is 2. The molecule has 1 saturated carbocycles. The number of morpholine rings is 1. The van der Waals surface area contributed by atoms with Crippen LogP contribution in [-0.2, 0) is 9.53 Å². The van der Waals surface area contributed by atoms with Gasteiger partial charge in [0.1, 0.15) is 0 Å². The van der Waals surface area contributed by atoms with Gasteiger partial charge in [-0.2, -0.15) is 0 Å². The second-order valence-corrected chi connectivity index (χ2v) is 5.80. The lowest BCUT2D eigenvalue weighted by Crippen LogP contribution is -2.52. The molecule has 4 nitrogen and oxygen atoms in total. The minimum atomic E-state index is -0.0113. The largest absolute Gasteiger partial charge is 0.373 e. The number of amides is 1. The van der Waals surface area contributed by atoms with Gasteiger partial charge in [-0.25, -0.2) is 0 Å². The summed E-state index contributed by atoms with van der Waals surface area (Å²) in [6, 6.07) is -0.0113. The summed E-state index contributed by atoms with van der Waals surface area (Å²) in [5.41, 5.74) is 6.02. The van der Waals surface area contributed by atoms with Crippen molar-refractivity contribution in [2.75, 3.05) is 19.7 Å². The standard InChI is InChI=1S/C12H22N2O2/c1-8(13)10-7-14(4-5-16-10)11(15)9-6-12(9,2)3/h8-10H,4-7,13H2,1-3H3/t8-,9+,10+/m1/s1. The van der Waals surface area contributed by atoms with E-state index in [1.807, 2.05) is 11.8 Å². The second-order valence-electron chi connectivity index (χ2n) is 5.80. The number of nitrogens with zero attached hydrogens (tertiary/aromatic N) is 1. The zero-order valence-electron chi connectivity index (χ0n) is 10.4. The summed E-state index contributed by atoms with van der Waals surface area (Å²) in [6.45, 7) is 8.22. The Bertz CT molecular complexity index is 289. The number of hydrogen-bond donors (Lipinski definition) is 1. The molecule has 92 valence electrons. The molecule has 1 amide bonds. The van der Waals surface area contributed by atoms with Crippen LogP contribution in [0.5, 0.6) is 0 Å². The molecule has 2 rings (SSSR count). The average molecular weight is 226 g/mol. The van der Waals surface area contributed by atoms with Gasteiger partial charge in [0.25, 0.3) is 0 Å². The predicted molar refractivity (Wildman–Crippen MR) is 61.9 cm³/mol. The maximum absolute atomic E-state index is 12.2. The number of carbonyl (C=O) groups is 1. The summed E-state index contributed by atoms with van der Waals surface area (Å²) in [4.78, 5) is 14.1. The Kier molecular flexibility index (Phi) is 2.97. The molecule has 3 atom stereocenters. The van der Waals surface area contributed by atoms with Crippen LogP contribution in [-0.4, -0.2) is 42.6 Å². The van der Waals surface area contributed by atoms with Crippen LogP contribution >= 0.6 is 0 Å². The van der Waals surface area contributed by atoms with Crippen molar-refractivity contribution in [3.05, 3.63) is 0 Å². The summed E-state index contributed by atoms with van der Waals surface area (Å²) in [7, 11) is 0. The van der Waals surface area contributed by atoms with Gasteiger partial charge in [0.15, 0.2) is 0 Å². The maximum atomic E-state index is 12.2. The number of carbonyl (C=O) groups excluding carboxylic acids is 1. The molecule has 0 unspecified atom stereocenters. The normalized spacial score (nSPS) is 34.6. The molecule has 2 N–H and O–H groups in total. The van der Waals surface area contributed by atoms with Crippen molar-refractivity contribution in [1.82, 2.24) is 4.90 Å². The highest BCUT2D eigenvalue weighted by Crippen LogP contribution is 2.52. The Balaban J connectivity index is 1.92. The number of nitrogens with two attached hydrogens (primary N) is 1. The third-order valence-electron chi connectivity index (χ3n) is 3.80. The SMILES string of the molecule is C[C@@H](N)[C@@H]1CN(C(=O)[C@@H]2CC2(C)C)CCO1. The van der Waals surface area contributed by atoms with Gasteiger partial charge in [-0.3, -0.25) is 4.79 Å². The van der Waals surface area contributed by atoms with E-state index in [1.165, 1.54) is 0 Å². The minimum Gasteiger partial charge on any atom is -0.373 e. The van der Waals surface area contributed by atoms with E-state index in [2.05, 4.69) is 13.8 Å². The van der Waals surface area contributed by atoms with Crippen molar-refractivity contribution >= 4 is 5.91 Å². The van der Waals surface area contributed by atoms with Gasteiger partial charge in [-0.05, 0) is 18.8 Å². The summed E-state index contributed by atoms with van der Waals surface area (Å²) in [6.07, 6.45) is 1.02. The molecule has 16 heavy (non-hydrogen) atoms. The van der Waals surface area contributed by atoms with E-state index in [-0.39, 0.29) is 23.5 Å². The first-order valence-electron chi connectivity index (χ1n) is 6.08. The minimum absolute atomic E-state index is 0.000405. The summed E-state index contributed by atoms with van der Waals surface area (Å²) >= 11 is 0. The Hall–Kier alpha value is -0.610. The second kappa shape index (κ2) is 4.00. The fraction of sp³-hybridized carbons (Fsp3) is 0.917. The first kappa shape index (κ1) is 11.9. The van der Waals surface area contributed by atoms with Crippen molar-refractivity contribution in [3.63, 3.8) is 0 Å². The van der Waals surface area contributed by atoms with Gasteiger partial charge in [-0.1, -0.05) is 13.8 Å². The molecule has 0 aromatic carbocycles. The molecule has 4 heteroatoms. The van der Waals surface area contributed by atoms with Crippen molar-refractivity contribution in [2.45, 2.75) is 39.3 Å². The van der Waals surface area contributed by atoms with Crippen LogP contribution in [0.4, 0.5) is 0 Å². The lowest BCUT2D eigenvalue weighted by atomic mass is 10.1. The van der Waals surface area contributed by atoms with Crippen LogP contribution in [0, 0.1) is 11.3 Å². The molecular weight excluding hydrogens is 204 g/mol. The molecule has 1 aliphatic heterocycles. The maximum Gasteiger partial charge on any atom is 0.226 e. The molecule has 0 spiro atoms. The highest BCUT2D eigenvalue weighted by Gasteiger charge is 2.52. The van der Waals surface area contributed by atoms with Crippen LogP contribution in [0.15, 0.2) is 0 Å². The van der Waals surface area contributed by atoms with Gasteiger partial charge in [-0.15, -0.1) is 0 Å². The average Bonchev–Trinajstić information content (AvgIpc) is 2.87. The van der Waals surface area contributed by atoms with Crippen LogP contribution in [0.1, 0.15) is 27.2 Å². The summed E-state index contributed by atoms with van der Waals surface area (Å²) < 4.78 is 5.55. The molecule has 1 saturated heterocycles. The fourth-order valence-electron chi connectivity index (χ4n) is 2.30. The van der Waals surface area contributed by atoms with Crippen LogP contribution < -0.4 is 5.73 Å². The van der Waals surface area contributed by atoms with E-state index in [9.17, 15) is 4.79 Å². The highest BCUT2D eigenvalue weighted by atomic mass is 16.5. The van der Waals surface area contributed by atoms with E-state index < -0.39 is 0 Å². The zero-order chi connectivity index (χ0) is 11.9. The molecule has 2 aliphatic rings. The number of hydrogen-bond acceptors (Lipinski definition) is 3. The molecule has 0 bridgehead atoms.